The monoisotopic (exact) mass is 361 g/mol. The van der Waals surface area contributed by atoms with Gasteiger partial charge in [-0.2, -0.15) is 13.9 Å². The number of thioether (sulfide) groups is 1. The molecule has 24 heavy (non-hydrogen) atoms. The molecule has 7 nitrogen and oxygen atoms in total. The number of amides is 1. The van der Waals surface area contributed by atoms with Crippen LogP contribution in [-0.4, -0.2) is 40.2 Å². The van der Waals surface area contributed by atoms with Crippen LogP contribution in [-0.2, 0) is 9.59 Å². The number of halogens is 3. The average molecular weight is 361 g/mol. The number of hydrogen-bond donors (Lipinski definition) is 2. The van der Waals surface area contributed by atoms with Crippen LogP contribution in [0, 0.1) is 5.82 Å². The zero-order valence-electron chi connectivity index (χ0n) is 11.8. The lowest BCUT2D eigenvalue weighted by molar-refractivity contribution is -0.138. The summed E-state index contributed by atoms with van der Waals surface area (Å²) >= 11 is 0.893. The average Bonchev–Trinajstić information content (AvgIpc) is 2.80. The summed E-state index contributed by atoms with van der Waals surface area (Å²) in [5, 5.41) is 17.5. The summed E-state index contributed by atoms with van der Waals surface area (Å²) in [6.07, 6.45) is 0.658. The second-order valence-electron chi connectivity index (χ2n) is 4.41. The number of benzene rings is 1. The van der Waals surface area contributed by atoms with Crippen LogP contribution in [0.3, 0.4) is 0 Å². The largest absolute Gasteiger partial charge is 0.481 e. The standard InChI is InChI=1S/C13H10F3N3O4S/c14-8-3-7(23-12(15)16)2-1-6(8)5-17-19-13-18-11(22)9(24-13)4-10(20)21/h1-3,5,9,12H,4H2,(H,20,21)(H,18,19,22). The second kappa shape index (κ2) is 7.81. The quantitative estimate of drug-likeness (QED) is 0.595. The van der Waals surface area contributed by atoms with E-state index in [0.717, 1.165) is 30.1 Å². The SMILES string of the molecule is O=C(O)CC1SC(=NN=Cc2ccc(OC(F)F)cc2F)NC1=O. The summed E-state index contributed by atoms with van der Waals surface area (Å²) in [5.74, 6) is -2.80. The van der Waals surface area contributed by atoms with Gasteiger partial charge in [0.15, 0.2) is 5.17 Å². The Labute approximate surface area is 137 Å². The van der Waals surface area contributed by atoms with E-state index in [0.29, 0.717) is 0 Å². The van der Waals surface area contributed by atoms with E-state index in [2.05, 4.69) is 20.3 Å². The van der Waals surface area contributed by atoms with Crippen LogP contribution < -0.4 is 10.1 Å². The number of hydrogen-bond acceptors (Lipinski definition) is 6. The van der Waals surface area contributed by atoms with Gasteiger partial charge in [-0.05, 0) is 12.1 Å². The van der Waals surface area contributed by atoms with Gasteiger partial charge in [0.25, 0.3) is 0 Å². The summed E-state index contributed by atoms with van der Waals surface area (Å²) in [6, 6.07) is 3.08. The Bertz CT molecular complexity index is 712. The first-order valence-electron chi connectivity index (χ1n) is 6.40. The van der Waals surface area contributed by atoms with Crippen LogP contribution in [0.5, 0.6) is 5.75 Å². The van der Waals surface area contributed by atoms with E-state index in [1.54, 1.807) is 0 Å². The first-order valence-corrected chi connectivity index (χ1v) is 7.28. The number of alkyl halides is 2. The molecular weight excluding hydrogens is 351 g/mol. The van der Waals surface area contributed by atoms with Crippen molar-refractivity contribution >= 4 is 35.0 Å². The summed E-state index contributed by atoms with van der Waals surface area (Å²) < 4.78 is 41.7. The number of ether oxygens (including phenoxy) is 1. The van der Waals surface area contributed by atoms with Gasteiger partial charge < -0.3 is 15.2 Å². The van der Waals surface area contributed by atoms with Crippen LogP contribution in [0.4, 0.5) is 13.2 Å². The van der Waals surface area contributed by atoms with E-state index in [9.17, 15) is 22.8 Å². The molecule has 1 atom stereocenters. The van der Waals surface area contributed by atoms with Gasteiger partial charge >= 0.3 is 12.6 Å². The molecule has 1 unspecified atom stereocenters. The summed E-state index contributed by atoms with van der Waals surface area (Å²) in [6.45, 7) is -3.06. The first kappa shape index (κ1) is 17.8. The molecule has 0 radical (unpaired) electrons. The maximum Gasteiger partial charge on any atom is 0.387 e. The third kappa shape index (κ3) is 4.98. The number of nitrogens with one attached hydrogen (secondary N) is 1. The Kier molecular flexibility index (Phi) is 5.79. The predicted octanol–water partition coefficient (Wildman–Crippen LogP) is 1.82. The second-order valence-corrected chi connectivity index (χ2v) is 5.60. The topological polar surface area (TPSA) is 100 Å². The molecule has 1 aliphatic heterocycles. The molecule has 0 saturated carbocycles. The molecule has 1 aliphatic rings. The predicted molar refractivity (Wildman–Crippen MR) is 79.8 cm³/mol. The molecular formula is C13H10F3N3O4S. The molecule has 0 aliphatic carbocycles. The van der Waals surface area contributed by atoms with E-state index >= 15 is 0 Å². The van der Waals surface area contributed by atoms with Gasteiger partial charge in [0.05, 0.1) is 12.6 Å². The lowest BCUT2D eigenvalue weighted by atomic mass is 10.2. The van der Waals surface area contributed by atoms with E-state index in [4.69, 9.17) is 5.11 Å². The van der Waals surface area contributed by atoms with Crippen molar-refractivity contribution in [1.29, 1.82) is 0 Å². The number of carbonyl (C=O) groups is 2. The van der Waals surface area contributed by atoms with Crippen molar-refractivity contribution in [2.45, 2.75) is 18.3 Å². The molecule has 1 aromatic rings. The molecule has 128 valence electrons. The van der Waals surface area contributed by atoms with Gasteiger partial charge in [-0.25, -0.2) is 4.39 Å². The zero-order chi connectivity index (χ0) is 17.7. The molecule has 2 N–H and O–H groups in total. The molecule has 0 spiro atoms. The number of carbonyl (C=O) groups excluding carboxylic acids is 1. The summed E-state index contributed by atoms with van der Waals surface area (Å²) in [5.41, 5.74) is -0.0302. The number of amidine groups is 1. The minimum atomic E-state index is -3.06. The van der Waals surface area contributed by atoms with Gasteiger partial charge in [0.1, 0.15) is 16.8 Å². The minimum Gasteiger partial charge on any atom is -0.481 e. The van der Waals surface area contributed by atoms with Crippen LogP contribution in [0.2, 0.25) is 0 Å². The fraction of sp³-hybridized carbons (Fsp3) is 0.231. The lowest BCUT2D eigenvalue weighted by Gasteiger charge is -2.04. The third-order valence-corrected chi connectivity index (χ3v) is 3.75. The molecule has 1 aromatic carbocycles. The van der Waals surface area contributed by atoms with Crippen molar-refractivity contribution in [2.75, 3.05) is 0 Å². The van der Waals surface area contributed by atoms with Crippen molar-refractivity contribution in [3.05, 3.63) is 29.6 Å². The molecule has 11 heteroatoms. The Morgan fingerprint density at radius 3 is 2.88 bits per heavy atom. The van der Waals surface area contributed by atoms with Gasteiger partial charge in [-0.1, -0.05) is 11.8 Å². The molecule has 1 saturated heterocycles. The molecule has 2 rings (SSSR count). The number of carboxylic acid groups (broad SMARTS) is 1. The van der Waals surface area contributed by atoms with Crippen LogP contribution in [0.15, 0.2) is 28.4 Å². The lowest BCUT2D eigenvalue weighted by Crippen LogP contribution is -2.26. The molecule has 1 fully saturated rings. The van der Waals surface area contributed by atoms with Gasteiger partial charge in [0.2, 0.25) is 5.91 Å². The normalized spacial score (nSPS) is 19.2. The van der Waals surface area contributed by atoms with E-state index in [-0.39, 0.29) is 22.9 Å². The molecule has 0 aromatic heterocycles. The van der Waals surface area contributed by atoms with E-state index in [1.807, 2.05) is 0 Å². The van der Waals surface area contributed by atoms with E-state index in [1.165, 1.54) is 6.07 Å². The van der Waals surface area contributed by atoms with Crippen molar-refractivity contribution in [1.82, 2.24) is 5.32 Å². The van der Waals surface area contributed by atoms with Crippen molar-refractivity contribution < 1.29 is 32.6 Å². The maximum absolute atomic E-state index is 13.7. The van der Waals surface area contributed by atoms with Crippen molar-refractivity contribution in [3.63, 3.8) is 0 Å². The van der Waals surface area contributed by atoms with Gasteiger partial charge in [-0.3, -0.25) is 9.59 Å². The highest BCUT2D eigenvalue weighted by molar-refractivity contribution is 8.15. The van der Waals surface area contributed by atoms with E-state index < -0.39 is 29.6 Å². The number of aliphatic carboxylic acids is 1. The third-order valence-electron chi connectivity index (χ3n) is 2.68. The molecule has 1 amide bonds. The van der Waals surface area contributed by atoms with Crippen molar-refractivity contribution in [3.8, 4) is 5.75 Å². The zero-order valence-corrected chi connectivity index (χ0v) is 12.6. The van der Waals surface area contributed by atoms with Crippen LogP contribution in [0.1, 0.15) is 12.0 Å². The first-order chi connectivity index (χ1) is 11.3. The molecule has 0 bridgehead atoms. The fourth-order valence-corrected chi connectivity index (χ4v) is 2.59. The summed E-state index contributed by atoms with van der Waals surface area (Å²) in [4.78, 5) is 22.0. The van der Waals surface area contributed by atoms with Crippen LogP contribution >= 0.6 is 11.8 Å². The maximum atomic E-state index is 13.7. The highest BCUT2D eigenvalue weighted by atomic mass is 32.2. The Morgan fingerprint density at radius 1 is 1.50 bits per heavy atom. The highest BCUT2D eigenvalue weighted by Gasteiger charge is 2.32. The Morgan fingerprint density at radius 2 is 2.25 bits per heavy atom. The van der Waals surface area contributed by atoms with Crippen molar-refractivity contribution in [2.24, 2.45) is 10.2 Å². The minimum absolute atomic E-state index is 0.0302. The Balaban J connectivity index is 2.01. The highest BCUT2D eigenvalue weighted by Crippen LogP contribution is 2.22. The summed E-state index contributed by atoms with van der Waals surface area (Å²) in [7, 11) is 0. The smallest absolute Gasteiger partial charge is 0.387 e. The number of nitrogens with zero attached hydrogens (tertiary/aromatic N) is 2. The fourth-order valence-electron chi connectivity index (χ4n) is 1.68. The van der Waals surface area contributed by atoms with Gasteiger partial charge in [0, 0.05) is 11.6 Å². The molecule has 1 heterocycles. The Hall–Kier alpha value is -2.56. The number of rotatable bonds is 6. The van der Waals surface area contributed by atoms with Gasteiger partial charge in [-0.15, -0.1) is 5.10 Å². The van der Waals surface area contributed by atoms with Crippen LogP contribution in [0.25, 0.3) is 0 Å². The number of carboxylic acids is 1.